The standard InChI is InChI=1S/C21H21N7O2/c1-13-11-12-28(25-13)18-9-10-19(24-23-18)30-17-7-5-16(6-8-17)22-21(29)20-14(2)26-27(4)15(20)3/h5-12H,1-4H3,(H,22,29). The summed E-state index contributed by atoms with van der Waals surface area (Å²) >= 11 is 0. The molecule has 0 radical (unpaired) electrons. The van der Waals surface area contributed by atoms with Gasteiger partial charge in [-0.3, -0.25) is 9.48 Å². The molecule has 0 saturated heterocycles. The van der Waals surface area contributed by atoms with Crippen molar-refractivity contribution < 1.29 is 9.53 Å². The van der Waals surface area contributed by atoms with Crippen LogP contribution < -0.4 is 10.1 Å². The molecule has 1 amide bonds. The highest BCUT2D eigenvalue weighted by atomic mass is 16.5. The first-order valence-electron chi connectivity index (χ1n) is 9.36. The first-order chi connectivity index (χ1) is 14.4. The van der Waals surface area contributed by atoms with Crippen molar-refractivity contribution in [2.24, 2.45) is 7.05 Å². The minimum atomic E-state index is -0.193. The van der Waals surface area contributed by atoms with Crippen molar-refractivity contribution in [2.75, 3.05) is 5.32 Å². The van der Waals surface area contributed by atoms with Crippen LogP contribution in [0.4, 0.5) is 5.69 Å². The minimum absolute atomic E-state index is 0.193. The van der Waals surface area contributed by atoms with Crippen molar-refractivity contribution in [3.8, 4) is 17.4 Å². The summed E-state index contributed by atoms with van der Waals surface area (Å²) in [6, 6.07) is 12.4. The quantitative estimate of drug-likeness (QED) is 0.548. The average Bonchev–Trinajstić information content (AvgIpc) is 3.26. The van der Waals surface area contributed by atoms with Crippen molar-refractivity contribution in [3.63, 3.8) is 0 Å². The predicted octanol–water partition coefficient (Wildman–Crippen LogP) is 3.37. The fourth-order valence-corrected chi connectivity index (χ4v) is 3.06. The van der Waals surface area contributed by atoms with Gasteiger partial charge in [-0.25, -0.2) is 4.68 Å². The van der Waals surface area contributed by atoms with Gasteiger partial charge in [0.25, 0.3) is 5.91 Å². The van der Waals surface area contributed by atoms with Gasteiger partial charge in [0.05, 0.1) is 17.0 Å². The molecule has 4 rings (SSSR count). The number of ether oxygens (including phenoxy) is 1. The summed E-state index contributed by atoms with van der Waals surface area (Å²) in [4.78, 5) is 12.6. The average molecular weight is 403 g/mol. The Morgan fingerprint density at radius 2 is 1.73 bits per heavy atom. The molecular formula is C21H21N7O2. The number of carbonyl (C=O) groups is 1. The first kappa shape index (κ1) is 19.3. The zero-order valence-electron chi connectivity index (χ0n) is 17.1. The van der Waals surface area contributed by atoms with Crippen LogP contribution in [0.25, 0.3) is 5.82 Å². The molecule has 4 aromatic rings. The Bertz CT molecular complexity index is 1190. The molecular weight excluding hydrogens is 382 g/mol. The molecule has 0 spiro atoms. The monoisotopic (exact) mass is 403 g/mol. The maximum Gasteiger partial charge on any atom is 0.259 e. The lowest BCUT2D eigenvalue weighted by atomic mass is 10.2. The predicted molar refractivity (Wildman–Crippen MR) is 111 cm³/mol. The van der Waals surface area contributed by atoms with Crippen LogP contribution in [0.1, 0.15) is 27.4 Å². The molecule has 1 N–H and O–H groups in total. The topological polar surface area (TPSA) is 99.8 Å². The highest BCUT2D eigenvalue weighted by Gasteiger charge is 2.17. The van der Waals surface area contributed by atoms with Crippen molar-refractivity contribution in [1.29, 1.82) is 0 Å². The number of aromatic nitrogens is 6. The molecule has 0 aliphatic rings. The largest absolute Gasteiger partial charge is 0.438 e. The van der Waals surface area contributed by atoms with Crippen LogP contribution >= 0.6 is 0 Å². The number of carbonyl (C=O) groups excluding carboxylic acids is 1. The number of hydrogen-bond acceptors (Lipinski definition) is 6. The number of hydrogen-bond donors (Lipinski definition) is 1. The van der Waals surface area contributed by atoms with E-state index in [9.17, 15) is 4.79 Å². The van der Waals surface area contributed by atoms with Gasteiger partial charge in [-0.2, -0.15) is 10.2 Å². The van der Waals surface area contributed by atoms with E-state index in [4.69, 9.17) is 4.74 Å². The Hall–Kier alpha value is -4.01. The highest BCUT2D eigenvalue weighted by Crippen LogP contribution is 2.22. The van der Waals surface area contributed by atoms with Gasteiger partial charge >= 0.3 is 0 Å². The van der Waals surface area contributed by atoms with Crippen molar-refractivity contribution in [2.45, 2.75) is 20.8 Å². The highest BCUT2D eigenvalue weighted by molar-refractivity contribution is 6.05. The fraction of sp³-hybridized carbons (Fsp3) is 0.190. The third-order valence-corrected chi connectivity index (χ3v) is 4.65. The third-order valence-electron chi connectivity index (χ3n) is 4.65. The summed E-state index contributed by atoms with van der Waals surface area (Å²) in [5.74, 6) is 1.36. The molecule has 0 saturated carbocycles. The number of nitrogens with one attached hydrogen (secondary N) is 1. The lowest BCUT2D eigenvalue weighted by Gasteiger charge is -2.08. The Morgan fingerprint density at radius 3 is 2.30 bits per heavy atom. The second-order valence-electron chi connectivity index (χ2n) is 6.88. The summed E-state index contributed by atoms with van der Waals surface area (Å²) in [5, 5.41) is 19.7. The molecule has 0 unspecified atom stereocenters. The molecule has 0 fully saturated rings. The summed E-state index contributed by atoms with van der Waals surface area (Å²) in [6.45, 7) is 5.59. The lowest BCUT2D eigenvalue weighted by Crippen LogP contribution is -2.14. The molecule has 3 aromatic heterocycles. The first-order valence-corrected chi connectivity index (χ1v) is 9.36. The molecule has 9 heteroatoms. The molecule has 1 aromatic carbocycles. The molecule has 0 aliphatic carbocycles. The smallest absolute Gasteiger partial charge is 0.259 e. The van der Waals surface area contributed by atoms with Gasteiger partial charge in [0.15, 0.2) is 5.82 Å². The lowest BCUT2D eigenvalue weighted by molar-refractivity contribution is 0.102. The van der Waals surface area contributed by atoms with E-state index >= 15 is 0 Å². The van der Waals surface area contributed by atoms with Crippen LogP contribution in [0.15, 0.2) is 48.7 Å². The van der Waals surface area contributed by atoms with E-state index in [2.05, 4.69) is 25.7 Å². The van der Waals surface area contributed by atoms with Gasteiger partial charge in [0.1, 0.15) is 5.75 Å². The third kappa shape index (κ3) is 3.90. The van der Waals surface area contributed by atoms with Gasteiger partial charge in [-0.1, -0.05) is 0 Å². The second-order valence-corrected chi connectivity index (χ2v) is 6.88. The van der Waals surface area contributed by atoms with Gasteiger partial charge in [0, 0.05) is 30.7 Å². The van der Waals surface area contributed by atoms with E-state index < -0.39 is 0 Å². The van der Waals surface area contributed by atoms with Gasteiger partial charge in [0.2, 0.25) is 5.88 Å². The van der Waals surface area contributed by atoms with E-state index in [1.165, 1.54) is 0 Å². The maximum absolute atomic E-state index is 12.6. The van der Waals surface area contributed by atoms with Crippen LogP contribution in [0.5, 0.6) is 11.6 Å². The number of nitrogens with zero attached hydrogens (tertiary/aromatic N) is 6. The van der Waals surface area contributed by atoms with E-state index in [0.29, 0.717) is 34.4 Å². The Kier molecular flexibility index (Phi) is 5.01. The molecule has 3 heterocycles. The van der Waals surface area contributed by atoms with E-state index in [1.807, 2.05) is 40.1 Å². The molecule has 152 valence electrons. The number of rotatable bonds is 5. The Balaban J connectivity index is 1.42. The number of amides is 1. The molecule has 30 heavy (non-hydrogen) atoms. The van der Waals surface area contributed by atoms with Crippen LogP contribution in [-0.2, 0) is 7.05 Å². The summed E-state index contributed by atoms with van der Waals surface area (Å²) in [6.07, 6.45) is 1.82. The number of benzene rings is 1. The van der Waals surface area contributed by atoms with Gasteiger partial charge < -0.3 is 10.1 Å². The van der Waals surface area contributed by atoms with Crippen molar-refractivity contribution in [3.05, 3.63) is 71.3 Å². The van der Waals surface area contributed by atoms with E-state index in [1.54, 1.807) is 45.8 Å². The summed E-state index contributed by atoms with van der Waals surface area (Å²) in [5.41, 5.74) is 3.65. The fourth-order valence-electron chi connectivity index (χ4n) is 3.06. The molecule has 0 bridgehead atoms. The van der Waals surface area contributed by atoms with Crippen molar-refractivity contribution in [1.82, 2.24) is 29.8 Å². The van der Waals surface area contributed by atoms with Crippen LogP contribution in [0.3, 0.4) is 0 Å². The Labute approximate surface area is 173 Å². The van der Waals surface area contributed by atoms with E-state index in [0.717, 1.165) is 11.4 Å². The SMILES string of the molecule is Cc1ccn(-c2ccc(Oc3ccc(NC(=O)c4c(C)nn(C)c4C)cc3)nn2)n1. The number of aryl methyl sites for hydroxylation is 3. The van der Waals surface area contributed by atoms with Crippen LogP contribution in [0, 0.1) is 20.8 Å². The van der Waals surface area contributed by atoms with Crippen LogP contribution in [0.2, 0.25) is 0 Å². The van der Waals surface area contributed by atoms with Crippen LogP contribution in [-0.4, -0.2) is 35.7 Å². The van der Waals surface area contributed by atoms with E-state index in [-0.39, 0.29) is 5.91 Å². The van der Waals surface area contributed by atoms with Gasteiger partial charge in [-0.15, -0.1) is 10.2 Å². The zero-order chi connectivity index (χ0) is 21.3. The normalized spacial score (nSPS) is 10.8. The second kappa shape index (κ2) is 7.78. The summed E-state index contributed by atoms with van der Waals surface area (Å²) < 4.78 is 9.07. The van der Waals surface area contributed by atoms with Crippen molar-refractivity contribution >= 4 is 11.6 Å². The molecule has 9 nitrogen and oxygen atoms in total. The van der Waals surface area contributed by atoms with Gasteiger partial charge in [-0.05, 0) is 57.2 Å². The molecule has 0 aliphatic heterocycles. The molecule has 0 atom stereocenters. The Morgan fingerprint density at radius 1 is 0.967 bits per heavy atom. The minimum Gasteiger partial charge on any atom is -0.438 e. The summed E-state index contributed by atoms with van der Waals surface area (Å²) in [7, 11) is 1.82. The maximum atomic E-state index is 12.6. The number of anilines is 1. The zero-order valence-corrected chi connectivity index (χ0v) is 17.1.